The molecule has 2 rings (SSSR count). The lowest BCUT2D eigenvalue weighted by Gasteiger charge is -2.11. The highest BCUT2D eigenvalue weighted by Crippen LogP contribution is 2.29. The molecule has 0 aromatic heterocycles. The summed E-state index contributed by atoms with van der Waals surface area (Å²) in [7, 11) is 3.27. The van der Waals surface area contributed by atoms with E-state index in [2.05, 4.69) is 33.4 Å². The van der Waals surface area contributed by atoms with Gasteiger partial charge in [0.2, 0.25) is 0 Å². The molecule has 0 unspecified atom stereocenters. The molecular weight excluding hydrogens is 306 g/mol. The Morgan fingerprint density at radius 3 is 2.47 bits per heavy atom. The average molecular weight is 322 g/mol. The lowest BCUT2D eigenvalue weighted by Crippen LogP contribution is -2.00. The lowest BCUT2D eigenvalue weighted by molar-refractivity contribution is 0.355. The second kappa shape index (κ2) is 6.48. The zero-order chi connectivity index (χ0) is 13.7. The van der Waals surface area contributed by atoms with E-state index in [1.165, 1.54) is 5.56 Å². The maximum Gasteiger partial charge on any atom is 0.162 e. The number of benzene rings is 2. The van der Waals surface area contributed by atoms with Crippen molar-refractivity contribution in [2.45, 2.75) is 6.54 Å². The van der Waals surface area contributed by atoms with E-state index in [9.17, 15) is 0 Å². The van der Waals surface area contributed by atoms with E-state index in [1.54, 1.807) is 14.2 Å². The predicted octanol–water partition coefficient (Wildman–Crippen LogP) is 4.08. The molecule has 4 heteroatoms. The predicted molar refractivity (Wildman–Crippen MR) is 81.0 cm³/mol. The van der Waals surface area contributed by atoms with Crippen LogP contribution in [0.5, 0.6) is 11.5 Å². The van der Waals surface area contributed by atoms with Crippen LogP contribution in [0.25, 0.3) is 0 Å². The van der Waals surface area contributed by atoms with Crippen LogP contribution in [0.2, 0.25) is 0 Å². The summed E-state index contributed by atoms with van der Waals surface area (Å²) in [6, 6.07) is 14.0. The number of nitrogens with one attached hydrogen (secondary N) is 1. The SMILES string of the molecule is COc1ccc(NCc2cccc(Br)c2)cc1OC. The molecule has 1 N–H and O–H groups in total. The third kappa shape index (κ3) is 3.64. The van der Waals surface area contributed by atoms with Gasteiger partial charge >= 0.3 is 0 Å². The van der Waals surface area contributed by atoms with Crippen LogP contribution in [0.1, 0.15) is 5.56 Å². The maximum atomic E-state index is 5.28. The van der Waals surface area contributed by atoms with E-state index in [0.29, 0.717) is 0 Å². The molecular formula is C15H16BrNO2. The third-order valence-electron chi connectivity index (χ3n) is 2.77. The van der Waals surface area contributed by atoms with E-state index in [0.717, 1.165) is 28.2 Å². The molecule has 0 bridgehead atoms. The number of halogens is 1. The van der Waals surface area contributed by atoms with Gasteiger partial charge in [-0.2, -0.15) is 0 Å². The molecule has 0 aliphatic heterocycles. The maximum absolute atomic E-state index is 5.28. The summed E-state index contributed by atoms with van der Waals surface area (Å²) >= 11 is 3.47. The quantitative estimate of drug-likeness (QED) is 0.900. The lowest BCUT2D eigenvalue weighted by atomic mass is 10.2. The largest absolute Gasteiger partial charge is 0.493 e. The fourth-order valence-electron chi connectivity index (χ4n) is 1.80. The molecule has 3 nitrogen and oxygen atoms in total. The monoisotopic (exact) mass is 321 g/mol. The number of methoxy groups -OCH3 is 2. The highest BCUT2D eigenvalue weighted by Gasteiger charge is 2.04. The summed E-state index contributed by atoms with van der Waals surface area (Å²) < 4.78 is 11.6. The standard InChI is InChI=1S/C15H16BrNO2/c1-18-14-7-6-13(9-15(14)19-2)17-10-11-4-3-5-12(16)8-11/h3-9,17H,10H2,1-2H3. The van der Waals surface area contributed by atoms with Crippen molar-refractivity contribution < 1.29 is 9.47 Å². The van der Waals surface area contributed by atoms with Gasteiger partial charge in [-0.25, -0.2) is 0 Å². The second-order valence-corrected chi connectivity index (χ2v) is 4.97. The van der Waals surface area contributed by atoms with Crippen molar-refractivity contribution in [2.24, 2.45) is 0 Å². The summed E-state index contributed by atoms with van der Waals surface area (Å²) in [4.78, 5) is 0. The van der Waals surface area contributed by atoms with Gasteiger partial charge in [0, 0.05) is 22.8 Å². The Morgan fingerprint density at radius 1 is 1.00 bits per heavy atom. The summed E-state index contributed by atoms with van der Waals surface area (Å²) in [6.45, 7) is 0.759. The molecule has 0 fully saturated rings. The number of anilines is 1. The first-order chi connectivity index (χ1) is 9.22. The van der Waals surface area contributed by atoms with Gasteiger partial charge in [0.05, 0.1) is 14.2 Å². The summed E-state index contributed by atoms with van der Waals surface area (Å²) in [5.41, 5.74) is 2.21. The van der Waals surface area contributed by atoms with Crippen LogP contribution in [-0.2, 0) is 6.54 Å². The van der Waals surface area contributed by atoms with E-state index in [-0.39, 0.29) is 0 Å². The average Bonchev–Trinajstić information content (AvgIpc) is 2.45. The smallest absolute Gasteiger partial charge is 0.162 e. The molecule has 19 heavy (non-hydrogen) atoms. The van der Waals surface area contributed by atoms with Gasteiger partial charge in [0.15, 0.2) is 11.5 Å². The van der Waals surface area contributed by atoms with Gasteiger partial charge in [0.1, 0.15) is 0 Å². The summed E-state index contributed by atoms with van der Waals surface area (Å²) in [5, 5.41) is 3.36. The topological polar surface area (TPSA) is 30.5 Å². The van der Waals surface area contributed by atoms with Gasteiger partial charge in [-0.3, -0.25) is 0 Å². The zero-order valence-electron chi connectivity index (χ0n) is 10.9. The van der Waals surface area contributed by atoms with Crippen molar-refractivity contribution in [3.8, 4) is 11.5 Å². The second-order valence-electron chi connectivity index (χ2n) is 4.05. The molecule has 100 valence electrons. The Balaban J connectivity index is 2.07. The molecule has 2 aromatic carbocycles. The summed E-state index contributed by atoms with van der Waals surface area (Å²) in [6.07, 6.45) is 0. The van der Waals surface area contributed by atoms with Crippen molar-refractivity contribution in [2.75, 3.05) is 19.5 Å². The van der Waals surface area contributed by atoms with Crippen molar-refractivity contribution in [3.05, 3.63) is 52.5 Å². The van der Waals surface area contributed by atoms with Crippen molar-refractivity contribution in [1.29, 1.82) is 0 Å². The van der Waals surface area contributed by atoms with Crippen LogP contribution in [0, 0.1) is 0 Å². The van der Waals surface area contributed by atoms with Crippen LogP contribution >= 0.6 is 15.9 Å². The molecule has 0 saturated heterocycles. The summed E-state index contributed by atoms with van der Waals surface area (Å²) in [5.74, 6) is 1.46. The van der Waals surface area contributed by atoms with Gasteiger partial charge in [-0.15, -0.1) is 0 Å². The first-order valence-corrected chi connectivity index (χ1v) is 6.72. The molecule has 2 aromatic rings. The Kier molecular flexibility index (Phi) is 4.68. The van der Waals surface area contributed by atoms with Gasteiger partial charge in [0.25, 0.3) is 0 Å². The Labute approximate surface area is 121 Å². The number of hydrogen-bond acceptors (Lipinski definition) is 3. The van der Waals surface area contributed by atoms with Crippen molar-refractivity contribution in [3.63, 3.8) is 0 Å². The van der Waals surface area contributed by atoms with E-state index in [1.807, 2.05) is 30.3 Å². The number of rotatable bonds is 5. The first-order valence-electron chi connectivity index (χ1n) is 5.93. The van der Waals surface area contributed by atoms with E-state index >= 15 is 0 Å². The molecule has 0 saturated carbocycles. The Bertz CT molecular complexity index is 558. The van der Waals surface area contributed by atoms with Crippen molar-refractivity contribution >= 4 is 21.6 Å². The first kappa shape index (κ1) is 13.7. The molecule has 0 atom stereocenters. The third-order valence-corrected chi connectivity index (χ3v) is 3.26. The van der Waals surface area contributed by atoms with Gasteiger partial charge in [-0.1, -0.05) is 28.1 Å². The molecule has 0 amide bonds. The van der Waals surface area contributed by atoms with Crippen LogP contribution in [-0.4, -0.2) is 14.2 Å². The van der Waals surface area contributed by atoms with Crippen molar-refractivity contribution in [1.82, 2.24) is 0 Å². The van der Waals surface area contributed by atoms with E-state index < -0.39 is 0 Å². The molecule has 0 radical (unpaired) electrons. The fourth-order valence-corrected chi connectivity index (χ4v) is 2.24. The molecule has 0 aliphatic rings. The highest BCUT2D eigenvalue weighted by atomic mass is 79.9. The number of hydrogen-bond donors (Lipinski definition) is 1. The molecule has 0 heterocycles. The normalized spacial score (nSPS) is 10.1. The van der Waals surface area contributed by atoms with Crippen LogP contribution < -0.4 is 14.8 Å². The van der Waals surface area contributed by atoms with Crippen LogP contribution in [0.15, 0.2) is 46.9 Å². The minimum absolute atomic E-state index is 0.724. The Morgan fingerprint density at radius 2 is 1.79 bits per heavy atom. The van der Waals surface area contributed by atoms with E-state index in [4.69, 9.17) is 9.47 Å². The molecule has 0 spiro atoms. The zero-order valence-corrected chi connectivity index (χ0v) is 12.5. The van der Waals surface area contributed by atoms with Crippen LogP contribution in [0.4, 0.5) is 5.69 Å². The van der Waals surface area contributed by atoms with Gasteiger partial charge < -0.3 is 14.8 Å². The molecule has 0 aliphatic carbocycles. The minimum Gasteiger partial charge on any atom is -0.493 e. The van der Waals surface area contributed by atoms with Crippen LogP contribution in [0.3, 0.4) is 0 Å². The highest BCUT2D eigenvalue weighted by molar-refractivity contribution is 9.10. The minimum atomic E-state index is 0.724. The Hall–Kier alpha value is -1.68. The fraction of sp³-hybridized carbons (Fsp3) is 0.200. The number of ether oxygens (including phenoxy) is 2. The van der Waals surface area contributed by atoms with Gasteiger partial charge in [-0.05, 0) is 29.8 Å².